The Kier molecular flexibility index (Phi) is 5.20. The lowest BCUT2D eigenvalue weighted by Gasteiger charge is -2.19. The number of amides is 1. The molecule has 6 heteroatoms. The van der Waals surface area contributed by atoms with Crippen LogP contribution in [0.1, 0.15) is 15.9 Å². The van der Waals surface area contributed by atoms with Crippen LogP contribution in [0.2, 0.25) is 5.15 Å². The summed E-state index contributed by atoms with van der Waals surface area (Å²) in [7, 11) is 3.34. The maximum absolute atomic E-state index is 12.3. The highest BCUT2D eigenvalue weighted by Gasteiger charge is 2.14. The first-order chi connectivity index (χ1) is 10.0. The Labute approximate surface area is 136 Å². The van der Waals surface area contributed by atoms with Crippen molar-refractivity contribution in [1.29, 1.82) is 0 Å². The molecule has 0 spiro atoms. The normalized spacial score (nSPS) is 10.3. The average molecular weight is 370 g/mol. The van der Waals surface area contributed by atoms with Crippen molar-refractivity contribution in [2.24, 2.45) is 0 Å². The van der Waals surface area contributed by atoms with Gasteiger partial charge >= 0.3 is 0 Å². The molecule has 0 aliphatic carbocycles. The van der Waals surface area contributed by atoms with Crippen LogP contribution in [0.15, 0.2) is 41.0 Å². The number of nitrogens with zero attached hydrogens (tertiary/aromatic N) is 2. The number of aromatic nitrogens is 1. The minimum absolute atomic E-state index is 0.124. The first-order valence-corrected chi connectivity index (χ1v) is 7.38. The van der Waals surface area contributed by atoms with Gasteiger partial charge in [-0.15, -0.1) is 0 Å². The lowest BCUT2D eigenvalue weighted by atomic mass is 10.1. The van der Waals surface area contributed by atoms with E-state index in [1.807, 2.05) is 18.2 Å². The second kappa shape index (κ2) is 6.91. The summed E-state index contributed by atoms with van der Waals surface area (Å²) in [4.78, 5) is 17.9. The molecule has 2 aromatic rings. The minimum Gasteiger partial charge on any atom is -0.496 e. The molecule has 21 heavy (non-hydrogen) atoms. The zero-order valence-corrected chi connectivity index (χ0v) is 14.0. The molecule has 0 saturated heterocycles. The number of carbonyl (C=O) groups is 1. The number of rotatable bonds is 4. The summed E-state index contributed by atoms with van der Waals surface area (Å²) in [5, 5.41) is 0.364. The van der Waals surface area contributed by atoms with Crippen molar-refractivity contribution >= 4 is 33.4 Å². The van der Waals surface area contributed by atoms with Crippen LogP contribution in [-0.2, 0) is 6.54 Å². The van der Waals surface area contributed by atoms with Gasteiger partial charge in [-0.3, -0.25) is 4.79 Å². The van der Waals surface area contributed by atoms with Gasteiger partial charge in [0.15, 0.2) is 0 Å². The van der Waals surface area contributed by atoms with Crippen LogP contribution in [0, 0.1) is 0 Å². The van der Waals surface area contributed by atoms with E-state index < -0.39 is 0 Å². The fraction of sp³-hybridized carbons (Fsp3) is 0.200. The lowest BCUT2D eigenvalue weighted by Crippen LogP contribution is -2.26. The highest BCUT2D eigenvalue weighted by atomic mass is 79.9. The third-order valence-electron chi connectivity index (χ3n) is 2.97. The van der Waals surface area contributed by atoms with E-state index in [1.54, 1.807) is 31.2 Å². The van der Waals surface area contributed by atoms with Crippen LogP contribution in [0.4, 0.5) is 0 Å². The van der Waals surface area contributed by atoms with Gasteiger partial charge in [0.1, 0.15) is 10.9 Å². The molecule has 1 heterocycles. The topological polar surface area (TPSA) is 42.4 Å². The average Bonchev–Trinajstić information content (AvgIpc) is 2.47. The van der Waals surface area contributed by atoms with E-state index in [9.17, 15) is 4.79 Å². The first-order valence-electron chi connectivity index (χ1n) is 6.20. The fourth-order valence-electron chi connectivity index (χ4n) is 1.92. The number of carbonyl (C=O) groups excluding carboxylic acids is 1. The molecule has 110 valence electrons. The lowest BCUT2D eigenvalue weighted by molar-refractivity contribution is 0.0784. The van der Waals surface area contributed by atoms with Gasteiger partial charge < -0.3 is 9.64 Å². The van der Waals surface area contributed by atoms with Crippen molar-refractivity contribution in [2.75, 3.05) is 14.2 Å². The number of hydrogen-bond donors (Lipinski definition) is 0. The predicted molar refractivity (Wildman–Crippen MR) is 85.7 cm³/mol. The van der Waals surface area contributed by atoms with Crippen molar-refractivity contribution in [2.45, 2.75) is 6.54 Å². The largest absolute Gasteiger partial charge is 0.496 e. The molecule has 0 atom stereocenters. The molecule has 2 rings (SSSR count). The van der Waals surface area contributed by atoms with Crippen LogP contribution >= 0.6 is 27.5 Å². The standard InChI is InChI=1S/C15H14BrClN2O2/c1-19(15(20)10-3-6-14(17)18-8-10)9-11-7-12(16)4-5-13(11)21-2/h3-8H,9H2,1-2H3. The molecule has 4 nitrogen and oxygen atoms in total. The zero-order valence-electron chi connectivity index (χ0n) is 11.6. The van der Waals surface area contributed by atoms with Crippen LogP contribution in [0.3, 0.4) is 0 Å². The van der Waals surface area contributed by atoms with Gasteiger partial charge in [0, 0.05) is 29.8 Å². The molecular weight excluding hydrogens is 356 g/mol. The van der Waals surface area contributed by atoms with Crippen molar-refractivity contribution in [3.05, 3.63) is 57.3 Å². The van der Waals surface area contributed by atoms with E-state index in [1.165, 1.54) is 6.20 Å². The summed E-state index contributed by atoms with van der Waals surface area (Å²) in [6, 6.07) is 8.95. The van der Waals surface area contributed by atoms with E-state index in [-0.39, 0.29) is 5.91 Å². The summed E-state index contributed by atoms with van der Waals surface area (Å²) >= 11 is 9.15. The Morgan fingerprint density at radius 1 is 1.38 bits per heavy atom. The highest BCUT2D eigenvalue weighted by molar-refractivity contribution is 9.10. The van der Waals surface area contributed by atoms with E-state index in [0.717, 1.165) is 15.8 Å². The van der Waals surface area contributed by atoms with Gasteiger partial charge in [0.2, 0.25) is 0 Å². The molecule has 0 saturated carbocycles. The smallest absolute Gasteiger partial charge is 0.255 e. The van der Waals surface area contributed by atoms with E-state index >= 15 is 0 Å². The van der Waals surface area contributed by atoms with Gasteiger partial charge in [-0.1, -0.05) is 27.5 Å². The number of hydrogen-bond acceptors (Lipinski definition) is 3. The van der Waals surface area contributed by atoms with E-state index in [2.05, 4.69) is 20.9 Å². The molecule has 1 aromatic heterocycles. The Morgan fingerprint density at radius 3 is 2.76 bits per heavy atom. The summed E-state index contributed by atoms with van der Waals surface area (Å²) in [5.41, 5.74) is 1.42. The maximum atomic E-state index is 12.3. The van der Waals surface area contributed by atoms with Crippen molar-refractivity contribution in [3.63, 3.8) is 0 Å². The van der Waals surface area contributed by atoms with Gasteiger partial charge in [-0.25, -0.2) is 4.98 Å². The Morgan fingerprint density at radius 2 is 2.14 bits per heavy atom. The molecule has 1 amide bonds. The number of benzene rings is 1. The van der Waals surface area contributed by atoms with Crippen LogP contribution < -0.4 is 4.74 Å². The first kappa shape index (κ1) is 15.8. The van der Waals surface area contributed by atoms with Crippen LogP contribution in [0.25, 0.3) is 0 Å². The molecule has 0 fully saturated rings. The predicted octanol–water partition coefficient (Wildman–Crippen LogP) is 3.78. The number of pyridine rings is 1. The minimum atomic E-state index is -0.124. The third kappa shape index (κ3) is 3.95. The summed E-state index contributed by atoms with van der Waals surface area (Å²) in [5.74, 6) is 0.619. The maximum Gasteiger partial charge on any atom is 0.255 e. The van der Waals surface area contributed by atoms with Gasteiger partial charge in [0.05, 0.1) is 12.7 Å². The zero-order chi connectivity index (χ0) is 15.4. The van der Waals surface area contributed by atoms with Crippen molar-refractivity contribution < 1.29 is 9.53 Å². The highest BCUT2D eigenvalue weighted by Crippen LogP contribution is 2.24. The molecule has 0 radical (unpaired) electrons. The summed E-state index contributed by atoms with van der Waals surface area (Å²) < 4.78 is 6.25. The molecular formula is C15H14BrClN2O2. The van der Waals surface area contributed by atoms with Crippen LogP contribution in [-0.4, -0.2) is 29.9 Å². The quantitative estimate of drug-likeness (QED) is 0.770. The Hall–Kier alpha value is -1.59. The molecule has 0 aliphatic heterocycles. The Balaban J connectivity index is 2.17. The van der Waals surface area contributed by atoms with E-state index in [4.69, 9.17) is 16.3 Å². The fourth-order valence-corrected chi connectivity index (χ4v) is 2.44. The second-order valence-corrected chi connectivity index (χ2v) is 5.79. The summed E-state index contributed by atoms with van der Waals surface area (Å²) in [6.45, 7) is 0.435. The van der Waals surface area contributed by atoms with Crippen LogP contribution in [0.5, 0.6) is 5.75 Å². The molecule has 0 unspecified atom stereocenters. The van der Waals surface area contributed by atoms with Crippen molar-refractivity contribution in [1.82, 2.24) is 9.88 Å². The monoisotopic (exact) mass is 368 g/mol. The van der Waals surface area contributed by atoms with Gasteiger partial charge in [-0.05, 0) is 30.3 Å². The van der Waals surface area contributed by atoms with Gasteiger partial charge in [-0.2, -0.15) is 0 Å². The van der Waals surface area contributed by atoms with E-state index in [0.29, 0.717) is 17.3 Å². The number of halogens is 2. The SMILES string of the molecule is COc1ccc(Br)cc1CN(C)C(=O)c1ccc(Cl)nc1. The van der Waals surface area contributed by atoms with Crippen molar-refractivity contribution in [3.8, 4) is 5.75 Å². The molecule has 0 bridgehead atoms. The summed E-state index contributed by atoms with van der Waals surface area (Å²) in [6.07, 6.45) is 1.47. The number of ether oxygens (including phenoxy) is 1. The van der Waals surface area contributed by atoms with Gasteiger partial charge in [0.25, 0.3) is 5.91 Å². The number of methoxy groups -OCH3 is 1. The second-order valence-electron chi connectivity index (χ2n) is 4.49. The Bertz CT molecular complexity index is 647. The molecule has 0 aliphatic rings. The molecule has 0 N–H and O–H groups in total. The molecule has 1 aromatic carbocycles. The third-order valence-corrected chi connectivity index (χ3v) is 3.69.